The zero-order valence-electron chi connectivity index (χ0n) is 14.4. The second-order valence-corrected chi connectivity index (χ2v) is 5.18. The molecule has 0 aromatic heterocycles. The quantitative estimate of drug-likeness (QED) is 0.315. The third-order valence-corrected chi connectivity index (χ3v) is 2.89. The predicted molar refractivity (Wildman–Crippen MR) is 86.2 cm³/mol. The van der Waals surface area contributed by atoms with Crippen molar-refractivity contribution in [2.75, 3.05) is 46.2 Å². The molecule has 23 heavy (non-hydrogen) atoms. The molecule has 0 radical (unpaired) electrons. The normalized spacial score (nSPS) is 11.6. The highest BCUT2D eigenvalue weighted by Gasteiger charge is 2.03. The number of carbonyl (C=O) groups is 2. The summed E-state index contributed by atoms with van der Waals surface area (Å²) in [4.78, 5) is 22.4. The first-order valence-corrected chi connectivity index (χ1v) is 7.86. The molecule has 0 fully saturated rings. The molecule has 1 N–H and O–H groups in total. The van der Waals surface area contributed by atoms with Crippen LogP contribution in [0.5, 0.6) is 0 Å². The van der Waals surface area contributed by atoms with Crippen molar-refractivity contribution in [2.24, 2.45) is 5.92 Å². The van der Waals surface area contributed by atoms with E-state index in [-0.39, 0.29) is 19.8 Å². The highest BCUT2D eigenvalue weighted by molar-refractivity contribution is 5.86. The van der Waals surface area contributed by atoms with Crippen LogP contribution in [0.3, 0.4) is 0 Å². The Kier molecular flexibility index (Phi) is 13.0. The molecule has 7 heteroatoms. The molecule has 0 heterocycles. The first-order chi connectivity index (χ1) is 11.0. The maximum Gasteiger partial charge on any atom is 0.407 e. The molecule has 0 saturated heterocycles. The number of carbonyl (C=O) groups excluding carboxylic acids is 2. The topological polar surface area (TPSA) is 83.1 Å². The lowest BCUT2D eigenvalue weighted by molar-refractivity contribution is -0.140. The van der Waals surface area contributed by atoms with Crippen molar-refractivity contribution in [3.8, 4) is 0 Å². The number of hydrogen-bond acceptors (Lipinski definition) is 6. The minimum atomic E-state index is -0.505. The van der Waals surface area contributed by atoms with Crippen molar-refractivity contribution in [1.29, 1.82) is 0 Å². The van der Waals surface area contributed by atoms with E-state index in [1.165, 1.54) is 0 Å². The van der Waals surface area contributed by atoms with E-state index in [1.54, 1.807) is 6.92 Å². The van der Waals surface area contributed by atoms with Crippen LogP contribution in [0.25, 0.3) is 0 Å². The molecule has 7 nitrogen and oxygen atoms in total. The maximum absolute atomic E-state index is 11.3. The molecule has 0 aromatic rings. The molecule has 0 aromatic carbocycles. The van der Waals surface area contributed by atoms with E-state index in [2.05, 4.69) is 25.7 Å². The zero-order valence-corrected chi connectivity index (χ0v) is 14.4. The molecule has 1 atom stereocenters. The van der Waals surface area contributed by atoms with Gasteiger partial charge in [0.2, 0.25) is 0 Å². The van der Waals surface area contributed by atoms with Gasteiger partial charge in [0, 0.05) is 18.7 Å². The highest BCUT2D eigenvalue weighted by Crippen LogP contribution is 1.99. The van der Waals surface area contributed by atoms with Crippen LogP contribution in [0.1, 0.15) is 27.2 Å². The SMILES string of the molecule is C=C(C)C(=O)OCCOCCNC(=O)OCCOCC(C)CC. The fourth-order valence-electron chi connectivity index (χ4n) is 1.29. The van der Waals surface area contributed by atoms with Crippen LogP contribution >= 0.6 is 0 Å². The number of rotatable bonds is 13. The van der Waals surface area contributed by atoms with E-state index < -0.39 is 12.1 Å². The molecule has 134 valence electrons. The average molecular weight is 331 g/mol. The van der Waals surface area contributed by atoms with E-state index in [9.17, 15) is 9.59 Å². The monoisotopic (exact) mass is 331 g/mol. The maximum atomic E-state index is 11.3. The standard InChI is InChI=1S/C16H29NO6/c1-5-14(4)12-21-9-11-23-16(19)17-6-7-20-8-10-22-15(18)13(2)3/h14H,2,5-12H2,1,3-4H3,(H,17,19). The molecule has 0 bridgehead atoms. The van der Waals surface area contributed by atoms with Crippen molar-refractivity contribution in [2.45, 2.75) is 27.2 Å². The van der Waals surface area contributed by atoms with Gasteiger partial charge in [0.05, 0.1) is 19.8 Å². The van der Waals surface area contributed by atoms with Gasteiger partial charge in [0.1, 0.15) is 13.2 Å². The van der Waals surface area contributed by atoms with Gasteiger partial charge in [-0.25, -0.2) is 9.59 Å². The third-order valence-electron chi connectivity index (χ3n) is 2.89. The Morgan fingerprint density at radius 2 is 1.70 bits per heavy atom. The molecule has 1 amide bonds. The van der Waals surface area contributed by atoms with Gasteiger partial charge in [-0.2, -0.15) is 0 Å². The number of amides is 1. The van der Waals surface area contributed by atoms with Gasteiger partial charge in [-0.3, -0.25) is 0 Å². The molecule has 0 aliphatic rings. The molecular weight excluding hydrogens is 302 g/mol. The predicted octanol–water partition coefficient (Wildman–Crippen LogP) is 1.91. The van der Waals surface area contributed by atoms with Crippen LogP contribution in [0.4, 0.5) is 4.79 Å². The number of nitrogens with one attached hydrogen (secondary N) is 1. The molecule has 0 saturated carbocycles. The van der Waals surface area contributed by atoms with E-state index >= 15 is 0 Å². The van der Waals surface area contributed by atoms with Crippen molar-refractivity contribution in [3.63, 3.8) is 0 Å². The van der Waals surface area contributed by atoms with Crippen LogP contribution in [-0.2, 0) is 23.7 Å². The molecule has 0 aliphatic carbocycles. The number of ether oxygens (including phenoxy) is 4. The summed E-state index contributed by atoms with van der Waals surface area (Å²) in [5.74, 6) is 0.0708. The van der Waals surface area contributed by atoms with Crippen molar-refractivity contribution in [3.05, 3.63) is 12.2 Å². The van der Waals surface area contributed by atoms with Gasteiger partial charge in [0.25, 0.3) is 0 Å². The second-order valence-electron chi connectivity index (χ2n) is 5.18. The van der Waals surface area contributed by atoms with Crippen LogP contribution in [0, 0.1) is 5.92 Å². The summed E-state index contributed by atoms with van der Waals surface area (Å²) in [6.45, 7) is 11.6. The zero-order chi connectivity index (χ0) is 17.5. The second kappa shape index (κ2) is 14.0. The van der Waals surface area contributed by atoms with E-state index in [0.29, 0.717) is 37.9 Å². The van der Waals surface area contributed by atoms with E-state index in [0.717, 1.165) is 6.42 Å². The Hall–Kier alpha value is -1.60. The molecule has 1 unspecified atom stereocenters. The molecule has 0 spiro atoms. The first-order valence-electron chi connectivity index (χ1n) is 7.86. The van der Waals surface area contributed by atoms with Gasteiger partial charge in [-0.15, -0.1) is 0 Å². The van der Waals surface area contributed by atoms with Gasteiger partial charge in [-0.05, 0) is 12.8 Å². The van der Waals surface area contributed by atoms with Crippen molar-refractivity contribution >= 4 is 12.1 Å². The first kappa shape index (κ1) is 21.4. The minimum Gasteiger partial charge on any atom is -0.460 e. The Bertz CT molecular complexity index is 358. The lowest BCUT2D eigenvalue weighted by Crippen LogP contribution is -2.29. The van der Waals surface area contributed by atoms with E-state index in [4.69, 9.17) is 18.9 Å². The fourth-order valence-corrected chi connectivity index (χ4v) is 1.29. The van der Waals surface area contributed by atoms with Crippen molar-refractivity contribution < 1.29 is 28.5 Å². The molecule has 0 rings (SSSR count). The Morgan fingerprint density at radius 3 is 2.35 bits per heavy atom. The van der Waals surface area contributed by atoms with Crippen LogP contribution < -0.4 is 5.32 Å². The summed E-state index contributed by atoms with van der Waals surface area (Å²) < 4.78 is 20.3. The molecule has 0 aliphatic heterocycles. The van der Waals surface area contributed by atoms with Crippen LogP contribution in [0.15, 0.2) is 12.2 Å². The lowest BCUT2D eigenvalue weighted by atomic mass is 10.1. The smallest absolute Gasteiger partial charge is 0.407 e. The highest BCUT2D eigenvalue weighted by atomic mass is 16.6. The summed E-state index contributed by atoms with van der Waals surface area (Å²) in [6.07, 6.45) is 0.558. The number of esters is 1. The average Bonchev–Trinajstić information content (AvgIpc) is 2.52. The van der Waals surface area contributed by atoms with Crippen LogP contribution in [0.2, 0.25) is 0 Å². The van der Waals surface area contributed by atoms with Crippen molar-refractivity contribution in [1.82, 2.24) is 5.32 Å². The third kappa shape index (κ3) is 13.8. The lowest BCUT2D eigenvalue weighted by Gasteiger charge is -2.10. The Labute approximate surface area is 138 Å². The Balaban J connectivity index is 3.34. The summed E-state index contributed by atoms with van der Waals surface area (Å²) in [5.41, 5.74) is 0.350. The summed E-state index contributed by atoms with van der Waals surface area (Å²) in [7, 11) is 0. The van der Waals surface area contributed by atoms with Gasteiger partial charge in [0.15, 0.2) is 0 Å². The summed E-state index contributed by atoms with van der Waals surface area (Å²) in [6, 6.07) is 0. The van der Waals surface area contributed by atoms with Gasteiger partial charge in [-0.1, -0.05) is 26.8 Å². The van der Waals surface area contributed by atoms with Gasteiger partial charge < -0.3 is 24.3 Å². The fraction of sp³-hybridized carbons (Fsp3) is 0.750. The molecular formula is C16H29NO6. The van der Waals surface area contributed by atoms with Gasteiger partial charge >= 0.3 is 12.1 Å². The largest absolute Gasteiger partial charge is 0.460 e. The summed E-state index contributed by atoms with van der Waals surface area (Å²) >= 11 is 0. The summed E-state index contributed by atoms with van der Waals surface area (Å²) in [5, 5.41) is 2.55. The van der Waals surface area contributed by atoms with E-state index in [1.807, 2.05) is 0 Å². The van der Waals surface area contributed by atoms with Crippen LogP contribution in [-0.4, -0.2) is 58.2 Å². The number of hydrogen-bond donors (Lipinski definition) is 1. The minimum absolute atomic E-state index is 0.156. The Morgan fingerprint density at radius 1 is 1.04 bits per heavy atom. The number of alkyl carbamates (subject to hydrolysis) is 1.